The molecule has 0 aliphatic heterocycles. The van der Waals surface area contributed by atoms with E-state index in [2.05, 4.69) is 29.5 Å². The van der Waals surface area contributed by atoms with E-state index in [0.29, 0.717) is 6.04 Å². The molecule has 0 aromatic carbocycles. The van der Waals surface area contributed by atoms with E-state index in [1.165, 1.54) is 6.42 Å². The molecule has 1 aliphatic rings. The first kappa shape index (κ1) is 16.3. The van der Waals surface area contributed by atoms with Crippen molar-refractivity contribution in [3.05, 3.63) is 24.2 Å². The minimum absolute atomic E-state index is 0. The smallest absolute Gasteiger partial charge is 0.191 e. The lowest BCUT2D eigenvalue weighted by Crippen LogP contribution is -2.40. The van der Waals surface area contributed by atoms with Crippen LogP contribution in [0.4, 0.5) is 0 Å². The Morgan fingerprint density at radius 3 is 2.89 bits per heavy atom. The number of nitrogens with zero attached hydrogens (tertiary/aromatic N) is 1. The molecule has 2 unspecified atom stereocenters. The third-order valence-electron chi connectivity index (χ3n) is 3.17. The van der Waals surface area contributed by atoms with Crippen molar-refractivity contribution in [2.24, 2.45) is 10.9 Å². The van der Waals surface area contributed by atoms with E-state index in [4.69, 9.17) is 4.42 Å². The van der Waals surface area contributed by atoms with Gasteiger partial charge in [0.1, 0.15) is 5.76 Å². The van der Waals surface area contributed by atoms with Crippen molar-refractivity contribution >= 4 is 29.9 Å². The molecule has 1 aromatic rings. The average molecular weight is 377 g/mol. The zero-order valence-electron chi connectivity index (χ0n) is 11.7. The molecule has 0 bridgehead atoms. The van der Waals surface area contributed by atoms with Crippen LogP contribution >= 0.6 is 24.0 Å². The molecule has 1 aliphatic carbocycles. The molecule has 2 rings (SSSR count). The van der Waals surface area contributed by atoms with Crippen molar-refractivity contribution in [2.75, 3.05) is 13.1 Å². The Hall–Kier alpha value is -0.720. The van der Waals surface area contributed by atoms with E-state index >= 15 is 0 Å². The summed E-state index contributed by atoms with van der Waals surface area (Å²) < 4.78 is 5.31. The monoisotopic (exact) mass is 377 g/mol. The maximum absolute atomic E-state index is 5.31. The molecule has 0 saturated heterocycles. The Balaban J connectivity index is 0.00000180. The molecule has 1 aromatic heterocycles. The van der Waals surface area contributed by atoms with Gasteiger partial charge in [-0.1, -0.05) is 13.8 Å². The highest BCUT2D eigenvalue weighted by atomic mass is 127. The zero-order chi connectivity index (χ0) is 12.8. The molecule has 0 radical (unpaired) electrons. The molecule has 2 N–H and O–H groups in total. The number of hydrogen-bond donors (Lipinski definition) is 2. The average Bonchev–Trinajstić information content (AvgIpc) is 2.84. The highest BCUT2D eigenvalue weighted by molar-refractivity contribution is 14.0. The molecule has 1 fully saturated rings. The van der Waals surface area contributed by atoms with Gasteiger partial charge in [0.2, 0.25) is 0 Å². The Morgan fingerprint density at radius 2 is 2.32 bits per heavy atom. The fraction of sp³-hybridized carbons (Fsp3) is 0.643. The first-order valence-electron chi connectivity index (χ1n) is 6.87. The third-order valence-corrected chi connectivity index (χ3v) is 3.17. The number of nitrogens with one attached hydrogen (secondary N) is 2. The molecule has 1 saturated carbocycles. The van der Waals surface area contributed by atoms with Gasteiger partial charge in [0.25, 0.3) is 0 Å². The van der Waals surface area contributed by atoms with Gasteiger partial charge in [-0.15, -0.1) is 24.0 Å². The Labute approximate surface area is 132 Å². The summed E-state index contributed by atoms with van der Waals surface area (Å²) in [5, 5.41) is 6.83. The highest BCUT2D eigenvalue weighted by Gasteiger charge is 2.33. The second-order valence-corrected chi connectivity index (χ2v) is 4.95. The number of aliphatic imine (C=N–C) groups is 1. The normalized spacial score (nSPS) is 21.7. The SMILES string of the molecule is CCCN=C(NCCc1ccco1)NC1CC1C.I. The quantitative estimate of drug-likeness (QED) is 0.456. The van der Waals surface area contributed by atoms with Gasteiger partial charge in [0.05, 0.1) is 6.26 Å². The molecule has 4 nitrogen and oxygen atoms in total. The first-order valence-corrected chi connectivity index (χ1v) is 6.87. The van der Waals surface area contributed by atoms with Crippen LogP contribution in [0.2, 0.25) is 0 Å². The van der Waals surface area contributed by atoms with Gasteiger partial charge in [-0.3, -0.25) is 4.99 Å². The van der Waals surface area contributed by atoms with Gasteiger partial charge in [0.15, 0.2) is 5.96 Å². The van der Waals surface area contributed by atoms with Gasteiger partial charge < -0.3 is 15.1 Å². The predicted molar refractivity (Wildman–Crippen MR) is 89.1 cm³/mol. The molecule has 19 heavy (non-hydrogen) atoms. The minimum atomic E-state index is 0. The van der Waals surface area contributed by atoms with Crippen LogP contribution in [0.15, 0.2) is 27.8 Å². The fourth-order valence-electron chi connectivity index (χ4n) is 1.83. The van der Waals surface area contributed by atoms with Crippen molar-refractivity contribution in [3.63, 3.8) is 0 Å². The van der Waals surface area contributed by atoms with Crippen LogP contribution < -0.4 is 10.6 Å². The van der Waals surface area contributed by atoms with Gasteiger partial charge in [-0.2, -0.15) is 0 Å². The van der Waals surface area contributed by atoms with E-state index in [9.17, 15) is 0 Å². The summed E-state index contributed by atoms with van der Waals surface area (Å²) in [5.74, 6) is 2.73. The number of guanidine groups is 1. The van der Waals surface area contributed by atoms with Gasteiger partial charge >= 0.3 is 0 Å². The second-order valence-electron chi connectivity index (χ2n) is 4.95. The molecule has 1 heterocycles. The van der Waals surface area contributed by atoms with Crippen molar-refractivity contribution in [1.82, 2.24) is 10.6 Å². The molecular formula is C14H24IN3O. The van der Waals surface area contributed by atoms with Crippen LogP contribution in [0, 0.1) is 5.92 Å². The van der Waals surface area contributed by atoms with E-state index < -0.39 is 0 Å². The maximum Gasteiger partial charge on any atom is 0.191 e. The van der Waals surface area contributed by atoms with E-state index in [1.54, 1.807) is 6.26 Å². The number of furan rings is 1. The molecule has 0 amide bonds. The minimum Gasteiger partial charge on any atom is -0.469 e. The predicted octanol–water partition coefficient (Wildman–Crippen LogP) is 2.79. The van der Waals surface area contributed by atoms with Crippen LogP contribution in [-0.4, -0.2) is 25.1 Å². The fourth-order valence-corrected chi connectivity index (χ4v) is 1.83. The summed E-state index contributed by atoms with van der Waals surface area (Å²) in [5.41, 5.74) is 0. The molecule has 0 spiro atoms. The van der Waals surface area contributed by atoms with Crippen molar-refractivity contribution in [3.8, 4) is 0 Å². The second kappa shape index (κ2) is 8.45. The van der Waals surface area contributed by atoms with E-state index in [0.717, 1.165) is 43.6 Å². The third kappa shape index (κ3) is 5.84. The van der Waals surface area contributed by atoms with Gasteiger partial charge in [0, 0.05) is 25.6 Å². The number of rotatable bonds is 6. The summed E-state index contributed by atoms with van der Waals surface area (Å²) in [6.07, 6.45) is 4.93. The van der Waals surface area contributed by atoms with Crippen molar-refractivity contribution in [2.45, 2.75) is 39.2 Å². The standard InChI is InChI=1S/C14H23N3O.HI/c1-3-7-15-14(17-13-10-11(13)2)16-8-6-12-5-4-9-18-12;/h4-5,9,11,13H,3,6-8,10H2,1-2H3,(H2,15,16,17);1H. The Kier molecular flexibility index (Phi) is 7.27. The van der Waals surface area contributed by atoms with Gasteiger partial charge in [-0.25, -0.2) is 0 Å². The maximum atomic E-state index is 5.31. The number of hydrogen-bond acceptors (Lipinski definition) is 2. The summed E-state index contributed by atoms with van der Waals surface area (Å²) in [6, 6.07) is 4.53. The Bertz CT molecular complexity index is 378. The largest absolute Gasteiger partial charge is 0.469 e. The van der Waals surface area contributed by atoms with Crippen LogP contribution in [0.1, 0.15) is 32.4 Å². The lowest BCUT2D eigenvalue weighted by atomic mass is 10.3. The molecule has 108 valence electrons. The summed E-state index contributed by atoms with van der Waals surface area (Å²) in [7, 11) is 0. The lowest BCUT2D eigenvalue weighted by Gasteiger charge is -2.11. The van der Waals surface area contributed by atoms with Crippen LogP contribution in [0.5, 0.6) is 0 Å². The van der Waals surface area contributed by atoms with Crippen LogP contribution in [0.25, 0.3) is 0 Å². The zero-order valence-corrected chi connectivity index (χ0v) is 14.0. The van der Waals surface area contributed by atoms with E-state index in [-0.39, 0.29) is 24.0 Å². The van der Waals surface area contributed by atoms with Crippen molar-refractivity contribution < 1.29 is 4.42 Å². The summed E-state index contributed by atoms with van der Waals surface area (Å²) in [4.78, 5) is 4.54. The van der Waals surface area contributed by atoms with Crippen molar-refractivity contribution in [1.29, 1.82) is 0 Å². The highest BCUT2D eigenvalue weighted by Crippen LogP contribution is 2.28. The first-order chi connectivity index (χ1) is 8.79. The molecule has 2 atom stereocenters. The van der Waals surface area contributed by atoms with Crippen LogP contribution in [0.3, 0.4) is 0 Å². The Morgan fingerprint density at radius 1 is 1.53 bits per heavy atom. The molecular weight excluding hydrogens is 353 g/mol. The number of halogens is 1. The topological polar surface area (TPSA) is 49.6 Å². The summed E-state index contributed by atoms with van der Waals surface area (Å²) >= 11 is 0. The molecule has 5 heteroatoms. The van der Waals surface area contributed by atoms with E-state index in [1.807, 2.05) is 12.1 Å². The van der Waals surface area contributed by atoms with Crippen LogP contribution in [-0.2, 0) is 6.42 Å². The van der Waals surface area contributed by atoms with Gasteiger partial charge in [-0.05, 0) is 30.9 Å². The summed E-state index contributed by atoms with van der Waals surface area (Å²) in [6.45, 7) is 6.13. The lowest BCUT2D eigenvalue weighted by molar-refractivity contribution is 0.506.